The van der Waals surface area contributed by atoms with Crippen molar-refractivity contribution in [1.82, 2.24) is 9.13 Å². The van der Waals surface area contributed by atoms with Gasteiger partial charge in [0.25, 0.3) is 0 Å². The Bertz CT molecular complexity index is 2500. The molecular formula is C37H21N3S. The van der Waals surface area contributed by atoms with Gasteiger partial charge in [-0.3, -0.25) is 0 Å². The highest BCUT2D eigenvalue weighted by Gasteiger charge is 2.20. The Morgan fingerprint density at radius 3 is 1.73 bits per heavy atom. The molecule has 4 heteroatoms. The largest absolute Gasteiger partial charge is 0.309 e. The summed E-state index contributed by atoms with van der Waals surface area (Å²) in [4.78, 5) is 0. The zero-order chi connectivity index (χ0) is 27.1. The molecule has 0 aliphatic heterocycles. The van der Waals surface area contributed by atoms with Crippen molar-refractivity contribution in [2.24, 2.45) is 0 Å². The average molecular weight is 540 g/mol. The molecule has 190 valence electrons. The van der Waals surface area contributed by atoms with E-state index in [1.54, 1.807) is 0 Å². The van der Waals surface area contributed by atoms with E-state index in [0.29, 0.717) is 5.56 Å². The van der Waals surface area contributed by atoms with E-state index < -0.39 is 0 Å². The van der Waals surface area contributed by atoms with Crippen molar-refractivity contribution in [2.45, 2.75) is 0 Å². The van der Waals surface area contributed by atoms with E-state index in [1.807, 2.05) is 23.5 Å². The van der Waals surface area contributed by atoms with Gasteiger partial charge in [0.15, 0.2) is 0 Å². The zero-order valence-electron chi connectivity index (χ0n) is 21.9. The third-order valence-corrected chi connectivity index (χ3v) is 9.55. The lowest BCUT2D eigenvalue weighted by Crippen LogP contribution is -1.95. The second-order valence-corrected chi connectivity index (χ2v) is 11.5. The van der Waals surface area contributed by atoms with Crippen LogP contribution in [0.15, 0.2) is 127 Å². The molecule has 6 aromatic carbocycles. The van der Waals surface area contributed by atoms with Gasteiger partial charge in [-0.15, -0.1) is 11.3 Å². The summed E-state index contributed by atoms with van der Waals surface area (Å²) in [5.74, 6) is 0. The van der Waals surface area contributed by atoms with Gasteiger partial charge in [0, 0.05) is 37.0 Å². The van der Waals surface area contributed by atoms with Crippen LogP contribution in [0.2, 0.25) is 0 Å². The second kappa shape index (κ2) is 8.32. The number of hydrogen-bond acceptors (Lipinski definition) is 2. The monoisotopic (exact) mass is 539 g/mol. The minimum Gasteiger partial charge on any atom is -0.309 e. The fourth-order valence-electron chi connectivity index (χ4n) is 6.73. The minimum absolute atomic E-state index is 0.703. The van der Waals surface area contributed by atoms with Crippen LogP contribution in [0.3, 0.4) is 0 Å². The highest BCUT2D eigenvalue weighted by atomic mass is 32.1. The Kier molecular flexibility index (Phi) is 4.55. The number of benzene rings is 6. The molecule has 0 fully saturated rings. The quantitative estimate of drug-likeness (QED) is 0.215. The molecule has 9 rings (SSSR count). The molecular weight excluding hydrogens is 518 g/mol. The summed E-state index contributed by atoms with van der Waals surface area (Å²) in [6.07, 6.45) is 0. The SMILES string of the molecule is N#Cc1cccc2c1c1ccccc1n2-c1cccc2c1sc1cccc(-n3c4ccccc4c4ccccc43)c12. The molecule has 0 aliphatic rings. The molecule has 3 nitrogen and oxygen atoms in total. The van der Waals surface area contributed by atoms with E-state index in [4.69, 9.17) is 0 Å². The van der Waals surface area contributed by atoms with E-state index in [0.717, 1.165) is 27.5 Å². The molecule has 0 spiro atoms. The van der Waals surface area contributed by atoms with Crippen molar-refractivity contribution >= 4 is 75.1 Å². The summed E-state index contributed by atoms with van der Waals surface area (Å²) in [6, 6.07) is 47.5. The molecule has 9 aromatic rings. The number of para-hydroxylation sites is 3. The Balaban J connectivity index is 1.42. The van der Waals surface area contributed by atoms with E-state index in [-0.39, 0.29) is 0 Å². The van der Waals surface area contributed by atoms with Gasteiger partial charge in [0.2, 0.25) is 0 Å². The highest BCUT2D eigenvalue weighted by molar-refractivity contribution is 7.26. The molecule has 0 bridgehead atoms. The van der Waals surface area contributed by atoms with Gasteiger partial charge in [-0.05, 0) is 48.5 Å². The minimum atomic E-state index is 0.703. The maximum Gasteiger partial charge on any atom is 0.0998 e. The molecule has 3 aromatic heterocycles. The second-order valence-electron chi connectivity index (χ2n) is 10.4. The molecule has 0 atom stereocenters. The van der Waals surface area contributed by atoms with E-state index in [1.165, 1.54) is 47.7 Å². The average Bonchev–Trinajstić information content (AvgIpc) is 3.69. The number of nitrogens with zero attached hydrogens (tertiary/aromatic N) is 3. The molecule has 0 N–H and O–H groups in total. The summed E-state index contributed by atoms with van der Waals surface area (Å²) in [6.45, 7) is 0. The van der Waals surface area contributed by atoms with Gasteiger partial charge < -0.3 is 9.13 Å². The van der Waals surface area contributed by atoms with Crippen LogP contribution in [0.5, 0.6) is 0 Å². The maximum atomic E-state index is 9.95. The van der Waals surface area contributed by atoms with Crippen LogP contribution in [0.1, 0.15) is 5.56 Å². The fraction of sp³-hybridized carbons (Fsp3) is 0. The normalized spacial score (nSPS) is 11.9. The van der Waals surface area contributed by atoms with Crippen LogP contribution in [-0.2, 0) is 0 Å². The van der Waals surface area contributed by atoms with E-state index >= 15 is 0 Å². The summed E-state index contributed by atoms with van der Waals surface area (Å²) < 4.78 is 7.25. The first-order valence-electron chi connectivity index (χ1n) is 13.7. The Labute approximate surface area is 239 Å². The number of fused-ring (bicyclic) bond motifs is 9. The van der Waals surface area contributed by atoms with Crippen LogP contribution in [0.4, 0.5) is 0 Å². The molecule has 0 amide bonds. The number of hydrogen-bond donors (Lipinski definition) is 0. The van der Waals surface area contributed by atoms with Crippen molar-refractivity contribution in [1.29, 1.82) is 5.26 Å². The Hall–Kier alpha value is -5.37. The van der Waals surface area contributed by atoms with Crippen molar-refractivity contribution in [3.8, 4) is 17.4 Å². The Morgan fingerprint density at radius 1 is 0.463 bits per heavy atom. The van der Waals surface area contributed by atoms with Crippen molar-refractivity contribution in [2.75, 3.05) is 0 Å². The van der Waals surface area contributed by atoms with Gasteiger partial charge in [0.05, 0.1) is 49.8 Å². The van der Waals surface area contributed by atoms with Crippen LogP contribution in [0, 0.1) is 11.3 Å². The first-order valence-corrected chi connectivity index (χ1v) is 14.5. The van der Waals surface area contributed by atoms with Crippen molar-refractivity contribution < 1.29 is 0 Å². The lowest BCUT2D eigenvalue weighted by molar-refractivity contribution is 1.20. The van der Waals surface area contributed by atoms with Crippen molar-refractivity contribution in [3.63, 3.8) is 0 Å². The maximum absolute atomic E-state index is 9.95. The third kappa shape index (κ3) is 2.96. The van der Waals surface area contributed by atoms with E-state index in [2.05, 4.69) is 130 Å². The summed E-state index contributed by atoms with van der Waals surface area (Å²) in [5, 5.41) is 17.1. The van der Waals surface area contributed by atoms with Crippen LogP contribution < -0.4 is 0 Å². The van der Waals surface area contributed by atoms with E-state index in [9.17, 15) is 5.26 Å². The first kappa shape index (κ1) is 22.4. The molecule has 41 heavy (non-hydrogen) atoms. The number of aromatic nitrogens is 2. The lowest BCUT2D eigenvalue weighted by atomic mass is 10.1. The Morgan fingerprint density at radius 2 is 1.00 bits per heavy atom. The summed E-state index contributed by atoms with van der Waals surface area (Å²) >= 11 is 1.84. The lowest BCUT2D eigenvalue weighted by Gasteiger charge is -2.11. The molecule has 3 heterocycles. The predicted octanol–water partition coefficient (Wildman–Crippen LogP) is 10.1. The summed E-state index contributed by atoms with van der Waals surface area (Å²) in [7, 11) is 0. The molecule has 0 saturated carbocycles. The third-order valence-electron chi connectivity index (χ3n) is 8.36. The molecule has 0 radical (unpaired) electrons. The highest BCUT2D eigenvalue weighted by Crippen LogP contribution is 2.44. The molecule has 0 saturated heterocycles. The number of thiophene rings is 1. The standard InChI is InChI=1S/C37H21N3S/c38-22-23-10-7-18-31-35(23)26-13-3-6-17-30(26)40(31)33-20-8-14-27-36-32(19-9-21-34(36)41-37(27)33)39-28-15-4-1-11-24(28)25-12-2-5-16-29(25)39/h1-21H. The van der Waals surface area contributed by atoms with Gasteiger partial charge in [-0.1, -0.05) is 78.9 Å². The van der Waals surface area contributed by atoms with Gasteiger partial charge in [-0.2, -0.15) is 5.26 Å². The number of nitriles is 1. The fourth-order valence-corrected chi connectivity index (χ4v) is 7.96. The smallest absolute Gasteiger partial charge is 0.0998 e. The number of rotatable bonds is 2. The van der Waals surface area contributed by atoms with Gasteiger partial charge in [-0.25, -0.2) is 0 Å². The van der Waals surface area contributed by atoms with Crippen LogP contribution in [-0.4, -0.2) is 9.13 Å². The van der Waals surface area contributed by atoms with Crippen molar-refractivity contribution in [3.05, 3.63) is 133 Å². The molecule has 0 unspecified atom stereocenters. The van der Waals surface area contributed by atoms with Crippen LogP contribution in [0.25, 0.3) is 75.2 Å². The summed E-state index contributed by atoms with van der Waals surface area (Å²) in [5.41, 5.74) is 7.62. The van der Waals surface area contributed by atoms with Gasteiger partial charge in [0.1, 0.15) is 0 Å². The predicted molar refractivity (Wildman–Crippen MR) is 173 cm³/mol. The zero-order valence-corrected chi connectivity index (χ0v) is 22.7. The topological polar surface area (TPSA) is 33.6 Å². The first-order chi connectivity index (χ1) is 20.3. The van der Waals surface area contributed by atoms with Crippen LogP contribution >= 0.6 is 11.3 Å². The van der Waals surface area contributed by atoms with Gasteiger partial charge >= 0.3 is 0 Å². The molecule has 0 aliphatic carbocycles.